The topological polar surface area (TPSA) is 12.5 Å². The van der Waals surface area contributed by atoms with E-state index in [1.54, 1.807) is 0 Å². The largest absolute Gasteiger partial charge is 0.406 e. The van der Waals surface area contributed by atoms with E-state index in [-0.39, 0.29) is 6.04 Å². The van der Waals surface area contributed by atoms with E-state index in [2.05, 4.69) is 93.3 Å². The van der Waals surface area contributed by atoms with Gasteiger partial charge in [-0.15, -0.1) is 0 Å². The second kappa shape index (κ2) is 10.7. The van der Waals surface area contributed by atoms with E-state index >= 15 is 0 Å². The summed E-state index contributed by atoms with van der Waals surface area (Å²) in [6.07, 6.45) is 7.49. The molecule has 2 rings (SSSR count). The zero-order valence-corrected chi connectivity index (χ0v) is 17.3. The van der Waals surface area contributed by atoms with Gasteiger partial charge >= 0.3 is 0 Å². The predicted molar refractivity (Wildman–Crippen MR) is 115 cm³/mol. The molecule has 2 heteroatoms. The Morgan fingerprint density at radius 1 is 0.926 bits per heavy atom. The minimum absolute atomic E-state index is 0.206. The maximum Gasteiger partial charge on any atom is 0.271 e. The average molecular weight is 363 g/mol. The normalized spacial score (nSPS) is 13.0. The molecule has 0 aliphatic rings. The molecule has 2 aromatic carbocycles. The molecule has 0 bridgehead atoms. The summed E-state index contributed by atoms with van der Waals surface area (Å²) < 4.78 is 5.85. The van der Waals surface area contributed by atoms with Crippen LogP contribution in [0.25, 0.3) is 5.76 Å². The van der Waals surface area contributed by atoms with Crippen molar-refractivity contribution in [2.75, 3.05) is 19.7 Å². The molecule has 2 nitrogen and oxygen atoms in total. The third-order valence-electron chi connectivity index (χ3n) is 4.73. The van der Waals surface area contributed by atoms with Crippen LogP contribution in [0, 0.1) is 19.9 Å². The van der Waals surface area contributed by atoms with Crippen LogP contribution in [-0.4, -0.2) is 24.6 Å². The van der Waals surface area contributed by atoms with Crippen molar-refractivity contribution in [2.24, 2.45) is 0 Å². The Bertz CT molecular complexity index is 737. The quantitative estimate of drug-likeness (QED) is 0.302. The van der Waals surface area contributed by atoms with Crippen molar-refractivity contribution in [3.05, 3.63) is 89.0 Å². The van der Waals surface area contributed by atoms with Crippen LogP contribution in [-0.2, 0) is 4.74 Å². The van der Waals surface area contributed by atoms with E-state index < -0.39 is 0 Å². The summed E-state index contributed by atoms with van der Waals surface area (Å²) in [6.45, 7) is 13.3. The molecule has 2 aromatic rings. The molecule has 0 aliphatic carbocycles. The lowest BCUT2D eigenvalue weighted by molar-refractivity contribution is 0.256. The lowest BCUT2D eigenvalue weighted by Crippen LogP contribution is -2.27. The summed E-state index contributed by atoms with van der Waals surface area (Å²) in [5.74, 6) is 0.857. The van der Waals surface area contributed by atoms with Crippen molar-refractivity contribution in [3.63, 3.8) is 0 Å². The zero-order chi connectivity index (χ0) is 19.6. The third kappa shape index (κ3) is 6.06. The van der Waals surface area contributed by atoms with Gasteiger partial charge in [0.15, 0.2) is 0 Å². The van der Waals surface area contributed by atoms with Crippen LogP contribution in [0.15, 0.2) is 60.7 Å². The smallest absolute Gasteiger partial charge is 0.271 e. The van der Waals surface area contributed by atoms with E-state index in [1.807, 2.05) is 13.0 Å². The summed E-state index contributed by atoms with van der Waals surface area (Å²) in [7, 11) is 0. The van der Waals surface area contributed by atoms with Crippen LogP contribution in [0.5, 0.6) is 0 Å². The fourth-order valence-corrected chi connectivity index (χ4v) is 3.09. The van der Waals surface area contributed by atoms with Gasteiger partial charge in [0.05, 0.1) is 18.2 Å². The molecule has 0 spiro atoms. The molecule has 0 saturated carbocycles. The van der Waals surface area contributed by atoms with Crippen molar-refractivity contribution in [1.29, 1.82) is 0 Å². The lowest BCUT2D eigenvalue weighted by atomic mass is 10.0. The van der Waals surface area contributed by atoms with Crippen molar-refractivity contribution in [2.45, 2.75) is 40.7 Å². The molecule has 0 amide bonds. The second-order valence-electron chi connectivity index (χ2n) is 6.72. The Labute approximate surface area is 165 Å². The minimum atomic E-state index is 0.206. The van der Waals surface area contributed by atoms with E-state index in [9.17, 15) is 0 Å². The first-order valence-corrected chi connectivity index (χ1v) is 9.89. The molecule has 0 saturated heterocycles. The second-order valence-corrected chi connectivity index (χ2v) is 6.72. The Morgan fingerprint density at radius 2 is 1.48 bits per heavy atom. The zero-order valence-electron chi connectivity index (χ0n) is 17.3. The third-order valence-corrected chi connectivity index (χ3v) is 4.73. The van der Waals surface area contributed by atoms with Gasteiger partial charge in [0.25, 0.3) is 5.76 Å². The first kappa shape index (κ1) is 20.9. The van der Waals surface area contributed by atoms with Gasteiger partial charge in [-0.25, -0.2) is 0 Å². The summed E-state index contributed by atoms with van der Waals surface area (Å²) in [5, 5.41) is 0. The predicted octanol–water partition coefficient (Wildman–Crippen LogP) is 6.12. The van der Waals surface area contributed by atoms with Gasteiger partial charge in [0, 0.05) is 0 Å². The fraction of sp³-hybridized carbons (Fsp3) is 0.360. The van der Waals surface area contributed by atoms with Crippen LogP contribution in [0.3, 0.4) is 0 Å². The van der Waals surface area contributed by atoms with Gasteiger partial charge in [-0.05, 0) is 51.6 Å². The number of rotatable bonds is 9. The highest BCUT2D eigenvalue weighted by molar-refractivity contribution is 5.61. The first-order chi connectivity index (χ1) is 13.1. The SMILES string of the molecule is CCO/C(=C\[C+]=CC(c1ccc(C)cc1)N(CC)CC)c1ccc(C)cc1. The molecule has 0 radical (unpaired) electrons. The van der Waals surface area contributed by atoms with Crippen LogP contribution in [0.4, 0.5) is 0 Å². The van der Waals surface area contributed by atoms with Gasteiger partial charge in [0.2, 0.25) is 6.08 Å². The lowest BCUT2D eigenvalue weighted by Gasteiger charge is -2.26. The molecule has 0 aromatic heterocycles. The maximum atomic E-state index is 5.85. The average Bonchev–Trinajstić information content (AvgIpc) is 2.68. The van der Waals surface area contributed by atoms with Gasteiger partial charge < -0.3 is 4.74 Å². The number of benzene rings is 2. The Morgan fingerprint density at radius 3 is 2.00 bits per heavy atom. The molecule has 1 atom stereocenters. The number of allylic oxidation sites excluding steroid dienone is 2. The van der Waals surface area contributed by atoms with Crippen LogP contribution >= 0.6 is 0 Å². The number of ether oxygens (including phenoxy) is 1. The van der Waals surface area contributed by atoms with Crippen LogP contribution in [0.2, 0.25) is 0 Å². The number of hydrogen-bond donors (Lipinski definition) is 0. The molecular weight excluding hydrogens is 330 g/mol. The first-order valence-electron chi connectivity index (χ1n) is 9.89. The summed E-state index contributed by atoms with van der Waals surface area (Å²) in [6, 6.07) is 17.4. The summed E-state index contributed by atoms with van der Waals surface area (Å²) in [4.78, 5) is 2.43. The molecule has 27 heavy (non-hydrogen) atoms. The van der Waals surface area contributed by atoms with Gasteiger partial charge in [-0.3, -0.25) is 4.90 Å². The van der Waals surface area contributed by atoms with Crippen LogP contribution < -0.4 is 0 Å². The highest BCUT2D eigenvalue weighted by atomic mass is 16.5. The number of hydrogen-bond acceptors (Lipinski definition) is 2. The van der Waals surface area contributed by atoms with E-state index in [1.165, 1.54) is 16.7 Å². The number of likely N-dealkylation sites (N-methyl/N-ethyl adjacent to an activating group) is 1. The Balaban J connectivity index is 2.30. The Kier molecular flexibility index (Phi) is 8.26. The minimum Gasteiger partial charge on any atom is -0.406 e. The molecule has 0 fully saturated rings. The van der Waals surface area contributed by atoms with E-state index in [4.69, 9.17) is 4.74 Å². The molecule has 0 N–H and O–H groups in total. The number of aryl methyl sites for hydroxylation is 2. The highest BCUT2D eigenvalue weighted by Crippen LogP contribution is 2.23. The van der Waals surface area contributed by atoms with Gasteiger partial charge in [-0.2, -0.15) is 0 Å². The number of nitrogens with zero attached hydrogens (tertiary/aromatic N) is 1. The van der Waals surface area contributed by atoms with E-state index in [0.717, 1.165) is 24.4 Å². The van der Waals surface area contributed by atoms with Crippen LogP contribution in [0.1, 0.15) is 49.1 Å². The molecule has 0 heterocycles. The fourth-order valence-electron chi connectivity index (χ4n) is 3.09. The standard InChI is InChI=1S/C25H32NO/c1-6-26(7-2)24(22-16-12-20(4)13-17-22)10-9-11-25(27-8-3)23-18-14-21(5)15-19-23/h10-19,24H,6-8H2,1-5H3/q+1/b25-11-. The summed E-state index contributed by atoms with van der Waals surface area (Å²) >= 11 is 0. The molecular formula is C25H32NO+. The Hall–Kier alpha value is -2.41. The van der Waals surface area contributed by atoms with Crippen molar-refractivity contribution in [3.8, 4) is 0 Å². The monoisotopic (exact) mass is 362 g/mol. The van der Waals surface area contributed by atoms with Crippen molar-refractivity contribution >= 4 is 5.76 Å². The van der Waals surface area contributed by atoms with Crippen molar-refractivity contribution < 1.29 is 4.74 Å². The molecule has 1 unspecified atom stereocenters. The van der Waals surface area contributed by atoms with E-state index in [0.29, 0.717) is 6.61 Å². The highest BCUT2D eigenvalue weighted by Gasteiger charge is 2.18. The van der Waals surface area contributed by atoms with Gasteiger partial charge in [0.1, 0.15) is 12.2 Å². The maximum absolute atomic E-state index is 5.85. The van der Waals surface area contributed by atoms with Crippen molar-refractivity contribution in [1.82, 2.24) is 4.90 Å². The van der Waals surface area contributed by atoms with Gasteiger partial charge in [-0.1, -0.05) is 61.4 Å². The summed E-state index contributed by atoms with van der Waals surface area (Å²) in [5.41, 5.74) is 4.90. The molecule has 0 aliphatic heterocycles. The molecule has 142 valence electrons.